The van der Waals surface area contributed by atoms with Gasteiger partial charge in [0.2, 0.25) is 11.8 Å². The number of amides is 2. The molecule has 0 aliphatic heterocycles. The summed E-state index contributed by atoms with van der Waals surface area (Å²) in [7, 11) is 0. The molecular weight excluding hydrogens is 554 g/mol. The molecule has 0 fully saturated rings. The van der Waals surface area contributed by atoms with Crippen LogP contribution in [0.5, 0.6) is 0 Å². The van der Waals surface area contributed by atoms with Gasteiger partial charge >= 0.3 is 0 Å². The first-order valence-corrected chi connectivity index (χ1v) is 17.1. The Morgan fingerprint density at radius 1 is 0.622 bits per heavy atom. The molecule has 0 heterocycles. The third-order valence-electron chi connectivity index (χ3n) is 7.23. The Balaban J connectivity index is 2.05. The minimum atomic E-state index is -0.269. The number of unbranched alkanes of at least 4 members (excludes halogenated alkanes) is 1. The number of carbonyl (C=O) groups is 2. The van der Waals surface area contributed by atoms with Gasteiger partial charge in [-0.2, -0.15) is 0 Å². The van der Waals surface area contributed by atoms with Gasteiger partial charge in [-0.3, -0.25) is 9.59 Å². The number of carbonyl (C=O) groups excluding carboxylic acids is 2. The Morgan fingerprint density at radius 3 is 1.58 bits per heavy atom. The highest BCUT2D eigenvalue weighted by Crippen LogP contribution is 2.17. The Bertz CT molecular complexity index is 1090. The van der Waals surface area contributed by atoms with Crippen molar-refractivity contribution in [3.63, 3.8) is 0 Å². The molecule has 0 aliphatic carbocycles. The fourth-order valence-electron chi connectivity index (χ4n) is 4.51. The molecule has 2 atom stereocenters. The van der Waals surface area contributed by atoms with E-state index in [1.165, 1.54) is 5.56 Å². The molecule has 0 saturated carbocycles. The van der Waals surface area contributed by atoms with Crippen LogP contribution in [0.3, 0.4) is 0 Å². The molecule has 0 aliphatic rings. The van der Waals surface area contributed by atoms with Crippen molar-refractivity contribution < 1.29 is 9.59 Å². The molecule has 5 heteroatoms. The first kappa shape index (κ1) is 39.6. The molecule has 0 spiro atoms. The second-order valence-corrected chi connectivity index (χ2v) is 11.9. The molecule has 3 N–H and O–H groups in total. The molecule has 2 unspecified atom stereocenters. The molecule has 0 radical (unpaired) electrons. The van der Waals surface area contributed by atoms with Crippen LogP contribution in [0.4, 0.5) is 0 Å². The van der Waals surface area contributed by atoms with Crippen LogP contribution in [0.25, 0.3) is 0 Å². The fourth-order valence-corrected chi connectivity index (χ4v) is 4.51. The highest BCUT2D eigenvalue weighted by atomic mass is 16.2. The zero-order valence-electron chi connectivity index (χ0n) is 28.8. The van der Waals surface area contributed by atoms with Gasteiger partial charge in [0.15, 0.2) is 0 Å². The minimum absolute atomic E-state index is 0.0265. The molecule has 0 aromatic heterocycles. The summed E-state index contributed by atoms with van der Waals surface area (Å²) in [6.45, 7) is 12.0. The van der Waals surface area contributed by atoms with Gasteiger partial charge < -0.3 is 16.0 Å². The van der Waals surface area contributed by atoms with E-state index < -0.39 is 0 Å². The lowest BCUT2D eigenvalue weighted by Crippen LogP contribution is -2.45. The van der Waals surface area contributed by atoms with Crippen molar-refractivity contribution in [3.05, 3.63) is 108 Å². The first-order valence-electron chi connectivity index (χ1n) is 17.1. The van der Waals surface area contributed by atoms with Crippen LogP contribution in [-0.2, 0) is 16.0 Å². The molecule has 0 saturated heterocycles. The van der Waals surface area contributed by atoms with E-state index in [4.69, 9.17) is 0 Å². The lowest BCUT2D eigenvalue weighted by Gasteiger charge is -2.16. The van der Waals surface area contributed by atoms with E-state index in [2.05, 4.69) is 122 Å². The Kier molecular flexibility index (Phi) is 23.7. The smallest absolute Gasteiger partial charge is 0.236 e. The lowest BCUT2D eigenvalue weighted by atomic mass is 9.96. The van der Waals surface area contributed by atoms with Gasteiger partial charge in [-0.15, -0.1) is 0 Å². The minimum Gasteiger partial charge on any atom is -0.354 e. The predicted octanol–water partition coefficient (Wildman–Crippen LogP) is 8.68. The first-order chi connectivity index (χ1) is 21.8. The van der Waals surface area contributed by atoms with E-state index in [9.17, 15) is 9.59 Å². The second kappa shape index (κ2) is 26.9. The maximum absolute atomic E-state index is 12.5. The SMILES string of the molecule is CCC=CCC=CCC=CCC=CCC=CCC=CCCCNC(C)C(=O)NCCNC(=O)C(C)c1ccc(CC(C)C)cc1. The maximum atomic E-state index is 12.5. The quantitative estimate of drug-likeness (QED) is 0.0805. The Hall–Kier alpha value is -3.44. The molecule has 45 heavy (non-hydrogen) atoms. The van der Waals surface area contributed by atoms with Crippen molar-refractivity contribution in [2.75, 3.05) is 19.6 Å². The highest BCUT2D eigenvalue weighted by molar-refractivity contribution is 5.83. The average molecular weight is 616 g/mol. The summed E-state index contributed by atoms with van der Waals surface area (Å²) in [6, 6.07) is 8.03. The van der Waals surface area contributed by atoms with E-state index >= 15 is 0 Å². The molecule has 1 aromatic rings. The highest BCUT2D eigenvalue weighted by Gasteiger charge is 2.15. The Morgan fingerprint density at radius 2 is 1.09 bits per heavy atom. The third kappa shape index (κ3) is 21.8. The van der Waals surface area contributed by atoms with Gasteiger partial charge in [0, 0.05) is 13.1 Å². The van der Waals surface area contributed by atoms with Gasteiger partial charge in [-0.25, -0.2) is 0 Å². The maximum Gasteiger partial charge on any atom is 0.236 e. The number of benzene rings is 1. The number of rotatable bonds is 24. The van der Waals surface area contributed by atoms with E-state index in [1.54, 1.807) is 0 Å². The zero-order chi connectivity index (χ0) is 33.0. The van der Waals surface area contributed by atoms with Gasteiger partial charge in [0.25, 0.3) is 0 Å². The van der Waals surface area contributed by atoms with E-state index in [1.807, 2.05) is 26.0 Å². The largest absolute Gasteiger partial charge is 0.354 e. The molecule has 0 bridgehead atoms. The lowest BCUT2D eigenvalue weighted by molar-refractivity contribution is -0.124. The number of hydrogen-bond acceptors (Lipinski definition) is 3. The summed E-state index contributed by atoms with van der Waals surface area (Å²) in [4.78, 5) is 24.9. The molecule has 1 aromatic carbocycles. The molecule has 2 amide bonds. The van der Waals surface area contributed by atoms with Crippen LogP contribution in [-0.4, -0.2) is 37.5 Å². The third-order valence-corrected chi connectivity index (χ3v) is 7.23. The number of hydrogen-bond donors (Lipinski definition) is 3. The van der Waals surface area contributed by atoms with Crippen LogP contribution in [0, 0.1) is 5.92 Å². The van der Waals surface area contributed by atoms with Crippen molar-refractivity contribution >= 4 is 11.8 Å². The van der Waals surface area contributed by atoms with Gasteiger partial charge in [-0.05, 0) is 95.2 Å². The standard InChI is InChI=1S/C40H61N3O2/c1-6-7-8-9-10-11-12-13-14-15-16-17-18-19-20-21-22-23-24-25-30-41-36(5)40(45)43-32-31-42-39(44)35(4)38-28-26-37(27-29-38)33-34(2)3/h7-8,10-11,13-14,16-17,19-20,22-23,26-29,34-36,41H,6,9,12,15,18,21,24-25,30-33H2,1-5H3,(H,42,44)(H,43,45). The molecule has 248 valence electrons. The molecule has 5 nitrogen and oxygen atoms in total. The van der Waals surface area contributed by atoms with Crippen molar-refractivity contribution in [3.8, 4) is 0 Å². The monoisotopic (exact) mass is 615 g/mol. The summed E-state index contributed by atoms with van der Waals surface area (Å²) >= 11 is 0. The normalized spacial score (nSPS) is 13.8. The van der Waals surface area contributed by atoms with Crippen LogP contribution in [0.15, 0.2) is 97.2 Å². The fraction of sp³-hybridized carbons (Fsp3) is 0.500. The van der Waals surface area contributed by atoms with Crippen molar-refractivity contribution in [2.24, 2.45) is 5.92 Å². The van der Waals surface area contributed by atoms with Gasteiger partial charge in [0.05, 0.1) is 12.0 Å². The second-order valence-electron chi connectivity index (χ2n) is 11.9. The van der Waals surface area contributed by atoms with Gasteiger partial charge in [-0.1, -0.05) is 118 Å². The predicted molar refractivity (Wildman–Crippen MR) is 194 cm³/mol. The molecular formula is C40H61N3O2. The summed E-state index contributed by atoms with van der Waals surface area (Å²) in [6.07, 6.45) is 35.5. The van der Waals surface area contributed by atoms with Crippen LogP contribution in [0.2, 0.25) is 0 Å². The summed E-state index contributed by atoms with van der Waals surface area (Å²) in [5.41, 5.74) is 2.30. The van der Waals surface area contributed by atoms with E-state index in [-0.39, 0.29) is 23.8 Å². The zero-order valence-corrected chi connectivity index (χ0v) is 28.8. The van der Waals surface area contributed by atoms with E-state index in [0.29, 0.717) is 19.0 Å². The topological polar surface area (TPSA) is 70.2 Å². The van der Waals surface area contributed by atoms with Crippen LogP contribution >= 0.6 is 0 Å². The Labute approximate surface area is 275 Å². The van der Waals surface area contributed by atoms with Crippen molar-refractivity contribution in [2.45, 2.75) is 104 Å². The summed E-state index contributed by atoms with van der Waals surface area (Å²) in [5.74, 6) is 0.307. The van der Waals surface area contributed by atoms with Crippen LogP contribution < -0.4 is 16.0 Å². The van der Waals surface area contributed by atoms with Crippen molar-refractivity contribution in [1.29, 1.82) is 0 Å². The summed E-state index contributed by atoms with van der Waals surface area (Å²) < 4.78 is 0. The van der Waals surface area contributed by atoms with Crippen molar-refractivity contribution in [1.82, 2.24) is 16.0 Å². The molecule has 1 rings (SSSR count). The van der Waals surface area contributed by atoms with Crippen LogP contribution in [0.1, 0.15) is 103 Å². The summed E-state index contributed by atoms with van der Waals surface area (Å²) in [5, 5.41) is 9.12. The van der Waals surface area contributed by atoms with E-state index in [0.717, 1.165) is 69.9 Å². The number of nitrogens with one attached hydrogen (secondary N) is 3. The van der Waals surface area contributed by atoms with Gasteiger partial charge in [0.1, 0.15) is 0 Å². The number of allylic oxidation sites excluding steroid dienone is 12. The average Bonchev–Trinajstić information content (AvgIpc) is 3.03.